The Hall–Kier alpha value is -3.82. The normalized spacial score (nSPS) is 10.8. The van der Waals surface area contributed by atoms with Crippen LogP contribution in [0.4, 0.5) is 17.6 Å². The fourth-order valence-corrected chi connectivity index (χ4v) is 2.20. The van der Waals surface area contributed by atoms with Gasteiger partial charge in [0.2, 0.25) is 23.5 Å². The molecule has 10 nitrogen and oxygen atoms in total. The third kappa shape index (κ3) is 2.87. The third-order valence-corrected chi connectivity index (χ3v) is 3.44. The lowest BCUT2D eigenvalue weighted by atomic mass is 10.3. The van der Waals surface area contributed by atoms with Crippen molar-refractivity contribution in [3.63, 3.8) is 0 Å². The summed E-state index contributed by atoms with van der Waals surface area (Å²) in [7, 11) is 1.83. The van der Waals surface area contributed by atoms with Gasteiger partial charge in [-0.25, -0.2) is 0 Å². The van der Waals surface area contributed by atoms with Crippen molar-refractivity contribution in [3.8, 4) is 23.2 Å². The predicted octanol–water partition coefficient (Wildman–Crippen LogP) is 1.66. The fourth-order valence-electron chi connectivity index (χ4n) is 2.20. The number of nitrogen functional groups attached to an aromatic ring is 1. The number of para-hydroxylation sites is 1. The van der Waals surface area contributed by atoms with Gasteiger partial charge in [-0.15, -0.1) is 0 Å². The zero-order valence-electron chi connectivity index (χ0n) is 13.2. The summed E-state index contributed by atoms with van der Waals surface area (Å²) in [6.45, 7) is 0. The highest BCUT2D eigenvalue weighted by molar-refractivity contribution is 5.59. The van der Waals surface area contributed by atoms with Gasteiger partial charge in [-0.3, -0.25) is 5.10 Å². The Labute approximate surface area is 141 Å². The van der Waals surface area contributed by atoms with E-state index >= 15 is 0 Å². The molecule has 0 unspecified atom stereocenters. The molecule has 0 amide bonds. The SMILES string of the molecule is CN(c1ccccc1)c1nc(N)nc(-c2noc(-c3ccn[nH]3)n2)n1. The first-order valence-electron chi connectivity index (χ1n) is 7.35. The molecular formula is C15H13N9O. The molecule has 0 aliphatic carbocycles. The Morgan fingerprint density at radius 1 is 1.00 bits per heavy atom. The van der Waals surface area contributed by atoms with E-state index in [-0.39, 0.29) is 23.5 Å². The third-order valence-electron chi connectivity index (χ3n) is 3.44. The van der Waals surface area contributed by atoms with E-state index in [1.807, 2.05) is 37.4 Å². The first kappa shape index (κ1) is 14.8. The summed E-state index contributed by atoms with van der Waals surface area (Å²) in [5.74, 6) is 1.16. The number of hydrogen-bond acceptors (Lipinski definition) is 9. The van der Waals surface area contributed by atoms with Crippen molar-refractivity contribution >= 4 is 17.6 Å². The number of anilines is 3. The number of rotatable bonds is 4. The van der Waals surface area contributed by atoms with Crippen molar-refractivity contribution in [1.82, 2.24) is 35.3 Å². The number of aromatic nitrogens is 7. The quantitative estimate of drug-likeness (QED) is 0.570. The molecule has 0 aliphatic rings. The second-order valence-electron chi connectivity index (χ2n) is 5.11. The lowest BCUT2D eigenvalue weighted by Gasteiger charge is -2.17. The number of hydrogen-bond donors (Lipinski definition) is 2. The highest BCUT2D eigenvalue weighted by atomic mass is 16.5. The molecule has 0 saturated heterocycles. The maximum atomic E-state index is 5.82. The molecule has 3 N–H and O–H groups in total. The first-order chi connectivity index (χ1) is 12.2. The number of nitrogens with two attached hydrogens (primary N) is 1. The lowest BCUT2D eigenvalue weighted by molar-refractivity contribution is 0.430. The Kier molecular flexibility index (Phi) is 3.54. The number of nitrogens with one attached hydrogen (secondary N) is 1. The zero-order valence-corrected chi connectivity index (χ0v) is 13.2. The molecular weight excluding hydrogens is 322 g/mol. The van der Waals surface area contributed by atoms with E-state index < -0.39 is 0 Å². The Balaban J connectivity index is 1.71. The summed E-state index contributed by atoms with van der Waals surface area (Å²) < 4.78 is 5.20. The van der Waals surface area contributed by atoms with Crippen molar-refractivity contribution in [2.24, 2.45) is 0 Å². The van der Waals surface area contributed by atoms with Crippen molar-refractivity contribution in [1.29, 1.82) is 0 Å². The molecule has 3 aromatic heterocycles. The van der Waals surface area contributed by atoms with Crippen molar-refractivity contribution in [2.75, 3.05) is 17.7 Å². The Morgan fingerprint density at radius 3 is 2.60 bits per heavy atom. The molecule has 0 radical (unpaired) electrons. The van der Waals surface area contributed by atoms with Crippen LogP contribution in [0.15, 0.2) is 47.1 Å². The summed E-state index contributed by atoms with van der Waals surface area (Å²) in [5, 5.41) is 10.5. The number of nitrogens with zero attached hydrogens (tertiary/aromatic N) is 7. The van der Waals surface area contributed by atoms with Gasteiger partial charge >= 0.3 is 0 Å². The standard InChI is InChI=1S/C15H13N9O/c1-24(9-5-3-2-4-6-9)15-20-11(19-14(16)21-15)12-18-13(25-23-12)10-7-8-17-22-10/h2-8H,1H3,(H,17,22)(H2,16,19,20,21). The van der Waals surface area contributed by atoms with Crippen molar-refractivity contribution in [2.45, 2.75) is 0 Å². The van der Waals surface area contributed by atoms with Crippen molar-refractivity contribution < 1.29 is 4.52 Å². The van der Waals surface area contributed by atoms with Gasteiger partial charge in [0.25, 0.3) is 5.89 Å². The highest BCUT2D eigenvalue weighted by Gasteiger charge is 2.17. The summed E-state index contributed by atoms with van der Waals surface area (Å²) in [6.07, 6.45) is 1.59. The predicted molar refractivity (Wildman–Crippen MR) is 89.6 cm³/mol. The van der Waals surface area contributed by atoms with Crippen molar-refractivity contribution in [3.05, 3.63) is 42.6 Å². The van der Waals surface area contributed by atoms with E-state index in [1.165, 1.54) is 0 Å². The van der Waals surface area contributed by atoms with Gasteiger partial charge in [0, 0.05) is 18.9 Å². The summed E-state index contributed by atoms with van der Waals surface area (Å²) >= 11 is 0. The van der Waals surface area contributed by atoms with E-state index in [9.17, 15) is 0 Å². The van der Waals surface area contributed by atoms with E-state index in [0.29, 0.717) is 11.6 Å². The number of benzene rings is 1. The summed E-state index contributed by atoms with van der Waals surface area (Å²) in [6, 6.07) is 11.4. The molecule has 0 aliphatic heterocycles. The van der Waals surface area contributed by atoms with Gasteiger partial charge in [0.1, 0.15) is 5.69 Å². The van der Waals surface area contributed by atoms with Crippen LogP contribution in [0, 0.1) is 0 Å². The molecule has 10 heteroatoms. The molecule has 3 heterocycles. The van der Waals surface area contributed by atoms with Gasteiger partial charge in [-0.2, -0.15) is 25.0 Å². The summed E-state index contributed by atoms with van der Waals surface area (Å²) in [4.78, 5) is 18.7. The highest BCUT2D eigenvalue weighted by Crippen LogP contribution is 2.23. The second kappa shape index (κ2) is 6.00. The number of aromatic amines is 1. The average molecular weight is 335 g/mol. The first-order valence-corrected chi connectivity index (χ1v) is 7.35. The van der Waals surface area contributed by atoms with Crippen LogP contribution in [0.25, 0.3) is 23.2 Å². The Morgan fingerprint density at radius 2 is 1.84 bits per heavy atom. The molecule has 0 spiro atoms. The molecule has 0 saturated carbocycles. The smallest absolute Gasteiger partial charge is 0.276 e. The lowest BCUT2D eigenvalue weighted by Crippen LogP contribution is -2.15. The average Bonchev–Trinajstić information content (AvgIpc) is 3.32. The van der Waals surface area contributed by atoms with E-state index in [2.05, 4.69) is 35.3 Å². The molecule has 1 aromatic carbocycles. The van der Waals surface area contributed by atoms with Crippen LogP contribution in [-0.4, -0.2) is 42.3 Å². The molecule has 4 aromatic rings. The van der Waals surface area contributed by atoms with Gasteiger partial charge in [-0.1, -0.05) is 23.4 Å². The second-order valence-corrected chi connectivity index (χ2v) is 5.11. The minimum absolute atomic E-state index is 0.0654. The minimum atomic E-state index is 0.0654. The van der Waals surface area contributed by atoms with Gasteiger partial charge in [0.15, 0.2) is 0 Å². The molecule has 124 valence electrons. The fraction of sp³-hybridized carbons (Fsp3) is 0.0667. The maximum absolute atomic E-state index is 5.82. The molecule has 25 heavy (non-hydrogen) atoms. The summed E-state index contributed by atoms with van der Waals surface area (Å²) in [5.41, 5.74) is 7.33. The van der Waals surface area contributed by atoms with Gasteiger partial charge in [-0.05, 0) is 18.2 Å². The monoisotopic (exact) mass is 335 g/mol. The van der Waals surface area contributed by atoms with Crippen LogP contribution in [0.2, 0.25) is 0 Å². The minimum Gasteiger partial charge on any atom is -0.368 e. The van der Waals surface area contributed by atoms with E-state index in [4.69, 9.17) is 10.3 Å². The largest absolute Gasteiger partial charge is 0.368 e. The van der Waals surface area contributed by atoms with E-state index in [1.54, 1.807) is 17.2 Å². The molecule has 0 bridgehead atoms. The molecule has 0 fully saturated rings. The van der Waals surface area contributed by atoms with Gasteiger partial charge < -0.3 is 15.2 Å². The molecule has 4 rings (SSSR count). The van der Waals surface area contributed by atoms with Crippen LogP contribution in [0.5, 0.6) is 0 Å². The number of H-pyrrole nitrogens is 1. The van der Waals surface area contributed by atoms with Crippen LogP contribution in [0.1, 0.15) is 0 Å². The van der Waals surface area contributed by atoms with Crippen LogP contribution >= 0.6 is 0 Å². The zero-order chi connectivity index (χ0) is 17.2. The van der Waals surface area contributed by atoms with Gasteiger partial charge in [0.05, 0.1) is 0 Å². The van der Waals surface area contributed by atoms with Crippen LogP contribution in [0.3, 0.4) is 0 Å². The van der Waals surface area contributed by atoms with E-state index in [0.717, 1.165) is 5.69 Å². The topological polar surface area (TPSA) is 136 Å². The van der Waals surface area contributed by atoms with Crippen LogP contribution < -0.4 is 10.6 Å². The Bertz CT molecular complexity index is 981. The maximum Gasteiger partial charge on any atom is 0.276 e. The van der Waals surface area contributed by atoms with Crippen LogP contribution in [-0.2, 0) is 0 Å². The molecule has 0 atom stereocenters.